The Bertz CT molecular complexity index is 1330. The second-order valence-electron chi connectivity index (χ2n) is 7.89. The van der Waals surface area contributed by atoms with Crippen molar-refractivity contribution in [2.45, 2.75) is 24.7 Å². The monoisotopic (exact) mass is 522 g/mol. The highest BCUT2D eigenvalue weighted by Gasteiger charge is 2.40. The Kier molecular flexibility index (Phi) is 7.97. The van der Waals surface area contributed by atoms with E-state index in [1.165, 1.54) is 42.5 Å². The Morgan fingerprint density at radius 1 is 1.03 bits per heavy atom. The number of rotatable bonds is 9. The van der Waals surface area contributed by atoms with E-state index in [9.17, 15) is 19.5 Å². The quantitative estimate of drug-likeness (QED) is 0.154. The van der Waals surface area contributed by atoms with Crippen LogP contribution in [-0.2, 0) is 14.3 Å². The van der Waals surface area contributed by atoms with Crippen LogP contribution in [0.2, 0.25) is 5.02 Å². The van der Waals surface area contributed by atoms with E-state index in [4.69, 9.17) is 16.3 Å². The molecule has 1 heterocycles. The average Bonchev–Trinajstić information content (AvgIpc) is 3.11. The van der Waals surface area contributed by atoms with Crippen LogP contribution in [0.1, 0.15) is 30.1 Å². The number of benzene rings is 3. The van der Waals surface area contributed by atoms with E-state index in [2.05, 4.69) is 5.32 Å². The highest BCUT2D eigenvalue weighted by Crippen LogP contribution is 2.39. The van der Waals surface area contributed by atoms with Crippen LogP contribution in [0.15, 0.2) is 88.3 Å². The normalized spacial score (nSPS) is 13.3. The maximum atomic E-state index is 13.5. The van der Waals surface area contributed by atoms with Crippen LogP contribution in [0.4, 0.5) is 11.4 Å². The van der Waals surface area contributed by atoms with Gasteiger partial charge in [0, 0.05) is 9.92 Å². The molecule has 36 heavy (non-hydrogen) atoms. The summed E-state index contributed by atoms with van der Waals surface area (Å²) >= 11 is 7.20. The molecule has 0 saturated heterocycles. The standard InChI is InChI=1S/C27H23ClN2O5S/c1-2-3-15-35-27(34)17-9-12-19(13-10-17)30-25(32)23(29-21-16-18(28)11-14-22(21)31)24(26(30)33)36-20-7-5-4-6-8-20/h4-14,16,29,31H,2-3,15H2,1H3. The van der Waals surface area contributed by atoms with Crippen molar-refractivity contribution in [3.8, 4) is 5.75 Å². The molecule has 3 aromatic rings. The predicted molar refractivity (Wildman–Crippen MR) is 140 cm³/mol. The van der Waals surface area contributed by atoms with E-state index in [0.29, 0.717) is 22.9 Å². The molecule has 0 fully saturated rings. The summed E-state index contributed by atoms with van der Waals surface area (Å²) in [5, 5.41) is 13.5. The average molecular weight is 523 g/mol. The number of unbranched alkanes of at least 4 members (excludes halogenated alkanes) is 1. The van der Waals surface area contributed by atoms with E-state index >= 15 is 0 Å². The number of esters is 1. The van der Waals surface area contributed by atoms with Crippen LogP contribution in [-0.4, -0.2) is 29.5 Å². The number of hydrogen-bond acceptors (Lipinski definition) is 7. The van der Waals surface area contributed by atoms with Crippen molar-refractivity contribution in [1.29, 1.82) is 0 Å². The largest absolute Gasteiger partial charge is 0.506 e. The second kappa shape index (κ2) is 11.3. The molecule has 0 atom stereocenters. The minimum Gasteiger partial charge on any atom is -0.506 e. The Hall–Kier alpha value is -3.75. The van der Waals surface area contributed by atoms with Gasteiger partial charge >= 0.3 is 5.97 Å². The van der Waals surface area contributed by atoms with Gasteiger partial charge < -0.3 is 15.2 Å². The molecule has 9 heteroatoms. The number of hydrogen-bond donors (Lipinski definition) is 2. The molecule has 0 aliphatic carbocycles. The van der Waals surface area contributed by atoms with Crippen molar-refractivity contribution in [2.24, 2.45) is 0 Å². The maximum absolute atomic E-state index is 13.5. The van der Waals surface area contributed by atoms with E-state index in [1.54, 1.807) is 0 Å². The van der Waals surface area contributed by atoms with Gasteiger partial charge in [0.15, 0.2) is 0 Å². The third-order valence-electron chi connectivity index (χ3n) is 5.31. The predicted octanol–water partition coefficient (Wildman–Crippen LogP) is 5.99. The number of carbonyl (C=O) groups is 3. The SMILES string of the molecule is CCCCOC(=O)c1ccc(N2C(=O)C(Nc3cc(Cl)ccc3O)=C(Sc3ccccc3)C2=O)cc1. The number of carbonyl (C=O) groups excluding carboxylic acids is 3. The molecular formula is C27H23ClN2O5S. The molecule has 1 aliphatic heterocycles. The number of ether oxygens (including phenoxy) is 1. The summed E-state index contributed by atoms with van der Waals surface area (Å²) in [5.41, 5.74) is 0.822. The highest BCUT2D eigenvalue weighted by molar-refractivity contribution is 8.04. The summed E-state index contributed by atoms with van der Waals surface area (Å²) in [5.74, 6) is -1.72. The summed E-state index contributed by atoms with van der Waals surface area (Å²) in [7, 11) is 0. The van der Waals surface area contributed by atoms with Crippen molar-refractivity contribution >= 4 is 52.5 Å². The number of halogens is 1. The van der Waals surface area contributed by atoms with E-state index in [-0.39, 0.29) is 22.0 Å². The first-order valence-electron chi connectivity index (χ1n) is 11.3. The molecule has 3 aromatic carbocycles. The summed E-state index contributed by atoms with van der Waals surface area (Å²) in [6, 6.07) is 19.6. The number of nitrogens with one attached hydrogen (secondary N) is 1. The minimum atomic E-state index is -0.601. The van der Waals surface area contributed by atoms with Crippen molar-refractivity contribution in [2.75, 3.05) is 16.8 Å². The van der Waals surface area contributed by atoms with Crippen molar-refractivity contribution in [3.63, 3.8) is 0 Å². The van der Waals surface area contributed by atoms with Gasteiger partial charge in [-0.15, -0.1) is 0 Å². The lowest BCUT2D eigenvalue weighted by atomic mass is 10.2. The summed E-state index contributed by atoms with van der Waals surface area (Å²) in [4.78, 5) is 41.1. The zero-order valence-corrected chi connectivity index (χ0v) is 20.9. The smallest absolute Gasteiger partial charge is 0.338 e. The second-order valence-corrected chi connectivity index (χ2v) is 9.41. The molecule has 0 saturated carbocycles. The molecule has 1 aliphatic rings. The van der Waals surface area contributed by atoms with Crippen molar-refractivity contribution in [3.05, 3.63) is 94.0 Å². The Morgan fingerprint density at radius 3 is 2.44 bits per heavy atom. The molecule has 4 rings (SSSR count). The van der Waals surface area contributed by atoms with Crippen LogP contribution in [0.25, 0.3) is 0 Å². The lowest BCUT2D eigenvalue weighted by Gasteiger charge is -2.16. The first kappa shape index (κ1) is 25.3. The first-order chi connectivity index (χ1) is 17.4. The fourth-order valence-electron chi connectivity index (χ4n) is 3.44. The Labute approximate surface area is 217 Å². The molecule has 0 aromatic heterocycles. The number of nitrogens with zero attached hydrogens (tertiary/aromatic N) is 1. The number of anilines is 2. The number of aromatic hydroxyl groups is 1. The number of amides is 2. The molecule has 0 spiro atoms. The number of phenolic OH excluding ortho intramolecular Hbond substituents is 1. The summed E-state index contributed by atoms with van der Waals surface area (Å²) < 4.78 is 5.22. The van der Waals surface area contributed by atoms with Crippen LogP contribution in [0.3, 0.4) is 0 Å². The van der Waals surface area contributed by atoms with Gasteiger partial charge in [-0.1, -0.05) is 54.9 Å². The van der Waals surface area contributed by atoms with Gasteiger partial charge in [0.1, 0.15) is 16.4 Å². The summed E-state index contributed by atoms with van der Waals surface area (Å²) in [6.45, 7) is 2.33. The lowest BCUT2D eigenvalue weighted by Crippen LogP contribution is -2.32. The molecule has 2 amide bonds. The maximum Gasteiger partial charge on any atom is 0.338 e. The molecular weight excluding hydrogens is 500 g/mol. The van der Waals surface area contributed by atoms with Crippen molar-refractivity contribution in [1.82, 2.24) is 0 Å². The summed E-state index contributed by atoms with van der Waals surface area (Å²) in [6.07, 6.45) is 1.68. The van der Waals surface area contributed by atoms with Gasteiger partial charge in [0.25, 0.3) is 11.8 Å². The number of thioether (sulfide) groups is 1. The molecule has 0 unspecified atom stereocenters. The van der Waals surface area contributed by atoms with Crippen molar-refractivity contribution < 1.29 is 24.2 Å². The minimum absolute atomic E-state index is 0.00877. The molecule has 7 nitrogen and oxygen atoms in total. The fraction of sp³-hybridized carbons (Fsp3) is 0.148. The van der Waals surface area contributed by atoms with Crippen LogP contribution < -0.4 is 10.2 Å². The molecule has 0 radical (unpaired) electrons. The van der Waals surface area contributed by atoms with Gasteiger partial charge in [-0.05, 0) is 61.0 Å². The van der Waals surface area contributed by atoms with Gasteiger partial charge in [-0.25, -0.2) is 9.69 Å². The molecule has 184 valence electrons. The Balaban J connectivity index is 1.64. The van der Waals surface area contributed by atoms with Crippen LogP contribution >= 0.6 is 23.4 Å². The zero-order chi connectivity index (χ0) is 25.7. The third-order valence-corrected chi connectivity index (χ3v) is 6.64. The zero-order valence-electron chi connectivity index (χ0n) is 19.4. The topological polar surface area (TPSA) is 95.9 Å². The fourth-order valence-corrected chi connectivity index (χ4v) is 4.56. The number of imide groups is 1. The van der Waals surface area contributed by atoms with E-state index < -0.39 is 17.8 Å². The van der Waals surface area contributed by atoms with Crippen LogP contribution in [0, 0.1) is 0 Å². The van der Waals surface area contributed by atoms with Gasteiger partial charge in [-0.2, -0.15) is 0 Å². The molecule has 2 N–H and O–H groups in total. The van der Waals surface area contributed by atoms with E-state index in [1.807, 2.05) is 37.3 Å². The molecule has 0 bridgehead atoms. The van der Waals surface area contributed by atoms with Gasteiger partial charge in [-0.3, -0.25) is 9.59 Å². The van der Waals surface area contributed by atoms with Gasteiger partial charge in [0.05, 0.1) is 23.5 Å². The van der Waals surface area contributed by atoms with Crippen LogP contribution in [0.5, 0.6) is 5.75 Å². The number of phenols is 1. The lowest BCUT2D eigenvalue weighted by molar-refractivity contribution is -0.120. The Morgan fingerprint density at radius 2 is 1.75 bits per heavy atom. The van der Waals surface area contributed by atoms with Gasteiger partial charge in [0.2, 0.25) is 0 Å². The highest BCUT2D eigenvalue weighted by atomic mass is 35.5. The first-order valence-corrected chi connectivity index (χ1v) is 12.5. The van der Waals surface area contributed by atoms with E-state index in [0.717, 1.165) is 34.4 Å². The third kappa shape index (κ3) is 5.56.